The molecule has 0 aromatic heterocycles. The second kappa shape index (κ2) is 15.3. The molecular weight excluding hydrogens is 539 g/mol. The van der Waals surface area contributed by atoms with Crippen molar-refractivity contribution in [3.63, 3.8) is 0 Å². The van der Waals surface area contributed by atoms with Gasteiger partial charge in [0.1, 0.15) is 6.71 Å². The summed E-state index contributed by atoms with van der Waals surface area (Å²) in [6.45, 7) is 27.0. The Labute approximate surface area is 284 Å². The molecule has 5 saturated carbocycles. The second-order valence-electron chi connectivity index (χ2n) is 20.7. The molecule has 0 N–H and O–H groups in total. The van der Waals surface area contributed by atoms with E-state index in [4.69, 9.17) is 0 Å². The summed E-state index contributed by atoms with van der Waals surface area (Å²) >= 11 is 0. The molecule has 5 aliphatic rings. The van der Waals surface area contributed by atoms with E-state index in [0.717, 1.165) is 83.5 Å². The summed E-state index contributed by atoms with van der Waals surface area (Å²) in [5, 5.41) is 0. The van der Waals surface area contributed by atoms with E-state index in [0.29, 0.717) is 10.8 Å². The smallest absolute Gasteiger partial charge is 0.0858 e. The van der Waals surface area contributed by atoms with Crippen LogP contribution in [0.4, 0.5) is 0 Å². The topological polar surface area (TPSA) is 0 Å². The predicted molar refractivity (Wildman–Crippen MR) is 201 cm³/mol. The van der Waals surface area contributed by atoms with Crippen LogP contribution in [-0.2, 0) is 0 Å². The molecule has 45 heavy (non-hydrogen) atoms. The lowest BCUT2D eigenvalue weighted by molar-refractivity contribution is -0.108. The van der Waals surface area contributed by atoms with Gasteiger partial charge in [-0.15, -0.1) is 0 Å². The zero-order valence-corrected chi connectivity index (χ0v) is 32.5. The minimum atomic E-state index is 0.383. The maximum Gasteiger partial charge on any atom is 0.140 e. The SMILES string of the molecule is CB(CC(C)(C)C(C)(C)C)C1CCC(C2C(C3CCCCC3C)C(C)CC(C(C)C3CCCCC3)C2C2CCCCC2C)CC1. The number of rotatable bonds is 8. The van der Waals surface area contributed by atoms with E-state index in [2.05, 4.69) is 69.1 Å². The average Bonchev–Trinajstić information content (AvgIpc) is 3.01. The van der Waals surface area contributed by atoms with Crippen LogP contribution in [0.3, 0.4) is 0 Å². The van der Waals surface area contributed by atoms with Crippen LogP contribution in [0.5, 0.6) is 0 Å². The van der Waals surface area contributed by atoms with Crippen molar-refractivity contribution >= 4 is 6.71 Å². The third kappa shape index (κ3) is 8.11. The lowest BCUT2D eigenvalue weighted by Gasteiger charge is -2.59. The summed E-state index contributed by atoms with van der Waals surface area (Å²) < 4.78 is 0. The van der Waals surface area contributed by atoms with Gasteiger partial charge in [-0.2, -0.15) is 0 Å². The van der Waals surface area contributed by atoms with Crippen molar-refractivity contribution in [3.05, 3.63) is 0 Å². The van der Waals surface area contributed by atoms with Crippen LogP contribution in [-0.4, -0.2) is 6.71 Å². The fraction of sp³-hybridized carbons (Fsp3) is 1.00. The normalized spacial score (nSPS) is 41.9. The van der Waals surface area contributed by atoms with Crippen LogP contribution in [0.15, 0.2) is 0 Å². The highest BCUT2D eigenvalue weighted by Crippen LogP contribution is 2.62. The molecule has 260 valence electrons. The first kappa shape index (κ1) is 36.3. The lowest BCUT2D eigenvalue weighted by Crippen LogP contribution is -2.53. The predicted octanol–water partition coefficient (Wildman–Crippen LogP) is 14.1. The maximum absolute atomic E-state index is 2.80. The second-order valence-corrected chi connectivity index (χ2v) is 20.7. The van der Waals surface area contributed by atoms with Gasteiger partial charge < -0.3 is 0 Å². The zero-order valence-electron chi connectivity index (χ0n) is 32.5. The third-order valence-corrected chi connectivity index (χ3v) is 17.1. The molecule has 5 rings (SSSR count). The molecule has 0 bridgehead atoms. The standard InChI is InChI=1S/C44H81B/c1-30-18-14-16-22-37(30)40-32(3)28-39(33(4)34-20-12-11-13-21-34)42(38-23-17-15-19-31(38)2)41(40)35-24-26-36(27-25-35)45(10)29-44(8,9)43(5,6)7/h30-42H,11-29H2,1-10H3. The van der Waals surface area contributed by atoms with Gasteiger partial charge in [-0.05, 0) is 101 Å². The molecular formula is C44H81B. The summed E-state index contributed by atoms with van der Waals surface area (Å²) in [5.41, 5.74) is 0.795. The van der Waals surface area contributed by atoms with E-state index in [1.54, 1.807) is 44.9 Å². The van der Waals surface area contributed by atoms with E-state index in [-0.39, 0.29) is 0 Å². The monoisotopic (exact) mass is 621 g/mol. The first-order chi connectivity index (χ1) is 21.3. The van der Waals surface area contributed by atoms with Crippen molar-refractivity contribution in [2.75, 3.05) is 0 Å². The quantitative estimate of drug-likeness (QED) is 0.237. The first-order valence-corrected chi connectivity index (χ1v) is 21.3. The van der Waals surface area contributed by atoms with Crippen molar-refractivity contribution in [1.29, 1.82) is 0 Å². The van der Waals surface area contributed by atoms with Crippen LogP contribution >= 0.6 is 0 Å². The van der Waals surface area contributed by atoms with E-state index < -0.39 is 0 Å². The lowest BCUT2D eigenvalue weighted by atomic mass is 9.33. The van der Waals surface area contributed by atoms with Gasteiger partial charge in [-0.25, -0.2) is 0 Å². The highest BCUT2D eigenvalue weighted by Gasteiger charge is 2.54. The molecule has 10 atom stereocenters. The Morgan fingerprint density at radius 3 is 1.62 bits per heavy atom. The Morgan fingerprint density at radius 1 is 0.578 bits per heavy atom. The van der Waals surface area contributed by atoms with Crippen LogP contribution in [0.2, 0.25) is 19.0 Å². The van der Waals surface area contributed by atoms with E-state index in [1.807, 2.05) is 0 Å². The molecule has 0 radical (unpaired) electrons. The Balaban J connectivity index is 1.45. The van der Waals surface area contributed by atoms with Crippen molar-refractivity contribution < 1.29 is 0 Å². The van der Waals surface area contributed by atoms with Gasteiger partial charge in [0, 0.05) is 0 Å². The first-order valence-electron chi connectivity index (χ1n) is 21.3. The number of hydrogen-bond acceptors (Lipinski definition) is 0. The van der Waals surface area contributed by atoms with Crippen molar-refractivity contribution in [2.45, 2.75) is 197 Å². The molecule has 0 nitrogen and oxygen atoms in total. The summed E-state index contributed by atoms with van der Waals surface area (Å²) in [6, 6.07) is 0. The molecule has 5 aliphatic carbocycles. The Kier molecular flexibility index (Phi) is 12.4. The highest BCUT2D eigenvalue weighted by molar-refractivity contribution is 6.59. The zero-order chi connectivity index (χ0) is 32.5. The highest BCUT2D eigenvalue weighted by atomic mass is 14.6. The van der Waals surface area contributed by atoms with Gasteiger partial charge in [0.05, 0.1) is 0 Å². The van der Waals surface area contributed by atoms with Crippen molar-refractivity contribution in [2.24, 2.45) is 81.8 Å². The third-order valence-electron chi connectivity index (χ3n) is 17.1. The minimum absolute atomic E-state index is 0.383. The van der Waals surface area contributed by atoms with Gasteiger partial charge in [0.2, 0.25) is 0 Å². The minimum Gasteiger partial charge on any atom is -0.0858 e. The van der Waals surface area contributed by atoms with Gasteiger partial charge in [0.25, 0.3) is 0 Å². The molecule has 0 spiro atoms. The molecule has 0 heterocycles. The van der Waals surface area contributed by atoms with Gasteiger partial charge in [-0.3, -0.25) is 0 Å². The molecule has 5 fully saturated rings. The fourth-order valence-electron chi connectivity index (χ4n) is 13.4. The van der Waals surface area contributed by atoms with E-state index in [1.165, 1.54) is 76.9 Å². The van der Waals surface area contributed by atoms with Crippen LogP contribution in [0.1, 0.15) is 178 Å². The summed E-state index contributed by atoms with van der Waals surface area (Å²) in [5.74, 6) is 12.9. The van der Waals surface area contributed by atoms with Crippen molar-refractivity contribution in [1.82, 2.24) is 0 Å². The number of hydrogen-bond donors (Lipinski definition) is 0. The van der Waals surface area contributed by atoms with Crippen molar-refractivity contribution in [3.8, 4) is 0 Å². The molecule has 0 saturated heterocycles. The molecule has 0 aromatic carbocycles. The molecule has 0 amide bonds. The molecule has 0 aliphatic heterocycles. The van der Waals surface area contributed by atoms with Gasteiger partial charge >= 0.3 is 0 Å². The van der Waals surface area contributed by atoms with E-state index >= 15 is 0 Å². The van der Waals surface area contributed by atoms with Gasteiger partial charge in [0.15, 0.2) is 0 Å². The molecule has 0 aromatic rings. The average molecular weight is 621 g/mol. The van der Waals surface area contributed by atoms with Gasteiger partial charge in [-0.1, -0.05) is 178 Å². The summed E-state index contributed by atoms with van der Waals surface area (Å²) in [6.07, 6.45) is 29.0. The van der Waals surface area contributed by atoms with Crippen LogP contribution in [0, 0.1) is 81.8 Å². The molecule has 10 unspecified atom stereocenters. The summed E-state index contributed by atoms with van der Waals surface area (Å²) in [4.78, 5) is 0. The fourth-order valence-corrected chi connectivity index (χ4v) is 13.4. The maximum atomic E-state index is 2.80. The molecule has 1 heteroatoms. The van der Waals surface area contributed by atoms with Crippen LogP contribution in [0.25, 0.3) is 0 Å². The largest absolute Gasteiger partial charge is 0.140 e. The Hall–Kier alpha value is 0.0649. The Bertz CT molecular complexity index is 883. The Morgan fingerprint density at radius 2 is 1.09 bits per heavy atom. The van der Waals surface area contributed by atoms with E-state index in [9.17, 15) is 0 Å². The van der Waals surface area contributed by atoms with Crippen LogP contribution < -0.4 is 0 Å². The summed E-state index contributed by atoms with van der Waals surface area (Å²) in [7, 11) is 0.